The molecule has 2 N–H and O–H groups in total. The number of nitrogens with two attached hydrogens (primary N) is 1. The second-order valence-electron chi connectivity index (χ2n) is 4.17. The molecule has 0 radical (unpaired) electrons. The summed E-state index contributed by atoms with van der Waals surface area (Å²) < 4.78 is 5.42. The summed E-state index contributed by atoms with van der Waals surface area (Å²) in [6, 6.07) is 0.494. The molecule has 0 bridgehead atoms. The molecule has 1 aromatic rings. The van der Waals surface area contributed by atoms with Gasteiger partial charge in [0.05, 0.1) is 23.9 Å². The minimum Gasteiger partial charge on any atom is -0.379 e. The van der Waals surface area contributed by atoms with Gasteiger partial charge in [0.2, 0.25) is 0 Å². The minimum absolute atomic E-state index is 0.494. The van der Waals surface area contributed by atoms with Crippen molar-refractivity contribution in [1.82, 2.24) is 9.88 Å². The molecule has 1 aliphatic rings. The first-order chi connectivity index (χ1) is 7.79. The van der Waals surface area contributed by atoms with E-state index in [2.05, 4.69) is 22.2 Å². The largest absolute Gasteiger partial charge is 0.379 e. The van der Waals surface area contributed by atoms with E-state index in [-0.39, 0.29) is 0 Å². The first-order valence-electron chi connectivity index (χ1n) is 5.74. The van der Waals surface area contributed by atoms with Crippen molar-refractivity contribution < 1.29 is 4.74 Å². The fraction of sp³-hybridized carbons (Fsp3) is 0.727. The molecule has 5 heteroatoms. The fourth-order valence-corrected chi connectivity index (χ4v) is 2.67. The Morgan fingerprint density at radius 1 is 1.69 bits per heavy atom. The summed E-state index contributed by atoms with van der Waals surface area (Å²) >= 11 is 1.71. The van der Waals surface area contributed by atoms with E-state index in [1.165, 1.54) is 5.69 Å². The molecule has 1 aliphatic heterocycles. The van der Waals surface area contributed by atoms with E-state index in [1.807, 2.05) is 0 Å². The number of nitrogens with zero attached hydrogens (tertiary/aromatic N) is 2. The van der Waals surface area contributed by atoms with E-state index in [4.69, 9.17) is 10.5 Å². The van der Waals surface area contributed by atoms with Crippen molar-refractivity contribution in [2.75, 3.05) is 26.3 Å². The summed E-state index contributed by atoms with van der Waals surface area (Å²) in [4.78, 5) is 7.01. The standard InChI is InChI=1S/C11H19N3OS/c1-9-7-15-5-4-14(9)6-10-8-16-11(13-10)2-3-12/h8-9H,2-7,12H2,1H3. The second-order valence-corrected chi connectivity index (χ2v) is 5.11. The molecule has 1 aromatic heterocycles. The number of morpholine rings is 1. The first kappa shape index (κ1) is 12.0. The van der Waals surface area contributed by atoms with Crippen LogP contribution in [0.4, 0.5) is 0 Å². The highest BCUT2D eigenvalue weighted by atomic mass is 32.1. The van der Waals surface area contributed by atoms with Gasteiger partial charge in [-0.1, -0.05) is 0 Å². The van der Waals surface area contributed by atoms with E-state index in [0.29, 0.717) is 12.6 Å². The molecule has 2 heterocycles. The summed E-state index contributed by atoms with van der Waals surface area (Å²) in [7, 11) is 0. The van der Waals surface area contributed by atoms with Gasteiger partial charge in [-0.2, -0.15) is 0 Å². The highest BCUT2D eigenvalue weighted by molar-refractivity contribution is 7.09. The quantitative estimate of drug-likeness (QED) is 0.849. The van der Waals surface area contributed by atoms with Gasteiger partial charge in [-0.05, 0) is 13.5 Å². The Hall–Kier alpha value is -0.490. The Morgan fingerprint density at radius 3 is 3.31 bits per heavy atom. The summed E-state index contributed by atoms with van der Waals surface area (Å²) in [5, 5.41) is 3.30. The van der Waals surface area contributed by atoms with Crippen molar-refractivity contribution in [1.29, 1.82) is 0 Å². The molecule has 1 atom stereocenters. The maximum atomic E-state index is 5.52. The van der Waals surface area contributed by atoms with Crippen LogP contribution in [0, 0.1) is 0 Å². The Bertz CT molecular complexity index is 329. The molecule has 2 rings (SSSR count). The third kappa shape index (κ3) is 3.01. The Labute approximate surface area is 100 Å². The molecule has 0 aliphatic carbocycles. The molecule has 16 heavy (non-hydrogen) atoms. The number of aromatic nitrogens is 1. The molecular weight excluding hydrogens is 222 g/mol. The monoisotopic (exact) mass is 241 g/mol. The molecule has 0 aromatic carbocycles. The van der Waals surface area contributed by atoms with Gasteiger partial charge in [0.15, 0.2) is 0 Å². The normalized spacial score (nSPS) is 22.5. The zero-order valence-electron chi connectivity index (χ0n) is 9.69. The van der Waals surface area contributed by atoms with Crippen molar-refractivity contribution in [3.05, 3.63) is 16.1 Å². The highest BCUT2D eigenvalue weighted by Crippen LogP contribution is 2.15. The highest BCUT2D eigenvalue weighted by Gasteiger charge is 2.19. The van der Waals surface area contributed by atoms with Gasteiger partial charge >= 0.3 is 0 Å². The summed E-state index contributed by atoms with van der Waals surface area (Å²) in [6.07, 6.45) is 0.892. The van der Waals surface area contributed by atoms with Crippen LogP contribution in [0.15, 0.2) is 5.38 Å². The van der Waals surface area contributed by atoms with Gasteiger partial charge in [0.25, 0.3) is 0 Å². The predicted octanol–water partition coefficient (Wildman–Crippen LogP) is 0.865. The van der Waals surface area contributed by atoms with E-state index < -0.39 is 0 Å². The number of hydrogen-bond acceptors (Lipinski definition) is 5. The Balaban J connectivity index is 1.91. The van der Waals surface area contributed by atoms with E-state index in [0.717, 1.165) is 37.7 Å². The van der Waals surface area contributed by atoms with Gasteiger partial charge < -0.3 is 10.5 Å². The van der Waals surface area contributed by atoms with Crippen molar-refractivity contribution in [2.24, 2.45) is 5.73 Å². The lowest BCUT2D eigenvalue weighted by Gasteiger charge is -2.32. The van der Waals surface area contributed by atoms with E-state index in [1.54, 1.807) is 11.3 Å². The summed E-state index contributed by atoms with van der Waals surface area (Å²) in [5.41, 5.74) is 6.68. The lowest BCUT2D eigenvalue weighted by atomic mass is 10.2. The van der Waals surface area contributed by atoms with Crippen LogP contribution in [-0.2, 0) is 17.7 Å². The molecule has 0 saturated carbocycles. The summed E-state index contributed by atoms with van der Waals surface area (Å²) in [6.45, 7) is 6.49. The van der Waals surface area contributed by atoms with Crippen LogP contribution in [0.25, 0.3) is 0 Å². The van der Waals surface area contributed by atoms with Gasteiger partial charge in [0, 0.05) is 30.9 Å². The average molecular weight is 241 g/mol. The molecule has 0 amide bonds. The fourth-order valence-electron chi connectivity index (χ4n) is 1.86. The Morgan fingerprint density at radius 2 is 2.56 bits per heavy atom. The number of ether oxygens (including phenoxy) is 1. The Kier molecular flexibility index (Phi) is 4.29. The molecule has 4 nitrogen and oxygen atoms in total. The van der Waals surface area contributed by atoms with E-state index in [9.17, 15) is 0 Å². The zero-order chi connectivity index (χ0) is 11.4. The molecular formula is C11H19N3OS. The molecule has 1 saturated heterocycles. The smallest absolute Gasteiger partial charge is 0.0941 e. The third-order valence-corrected chi connectivity index (χ3v) is 3.79. The molecule has 90 valence electrons. The van der Waals surface area contributed by atoms with Gasteiger partial charge in [-0.3, -0.25) is 4.90 Å². The van der Waals surface area contributed by atoms with Gasteiger partial charge in [-0.15, -0.1) is 11.3 Å². The van der Waals surface area contributed by atoms with Crippen LogP contribution in [0.1, 0.15) is 17.6 Å². The maximum absolute atomic E-state index is 5.52. The molecule has 0 spiro atoms. The molecule has 1 unspecified atom stereocenters. The van der Waals surface area contributed by atoms with Gasteiger partial charge in [0.1, 0.15) is 0 Å². The predicted molar refractivity (Wildman–Crippen MR) is 65.6 cm³/mol. The first-order valence-corrected chi connectivity index (χ1v) is 6.62. The lowest BCUT2D eigenvalue weighted by Crippen LogP contribution is -2.42. The lowest BCUT2D eigenvalue weighted by molar-refractivity contribution is -0.00484. The van der Waals surface area contributed by atoms with Gasteiger partial charge in [-0.25, -0.2) is 4.98 Å². The van der Waals surface area contributed by atoms with Crippen molar-refractivity contribution in [2.45, 2.75) is 25.9 Å². The SMILES string of the molecule is CC1COCCN1Cc1csc(CCN)n1. The number of rotatable bonds is 4. The molecule has 1 fully saturated rings. The van der Waals surface area contributed by atoms with Crippen molar-refractivity contribution >= 4 is 11.3 Å². The van der Waals surface area contributed by atoms with E-state index >= 15 is 0 Å². The summed E-state index contributed by atoms with van der Waals surface area (Å²) in [5.74, 6) is 0. The van der Waals surface area contributed by atoms with Crippen LogP contribution < -0.4 is 5.73 Å². The average Bonchev–Trinajstić information content (AvgIpc) is 2.70. The second kappa shape index (κ2) is 5.72. The third-order valence-electron chi connectivity index (χ3n) is 2.83. The minimum atomic E-state index is 0.494. The number of thiazole rings is 1. The van der Waals surface area contributed by atoms with Crippen LogP contribution in [0.5, 0.6) is 0 Å². The maximum Gasteiger partial charge on any atom is 0.0941 e. The van der Waals surface area contributed by atoms with Crippen LogP contribution >= 0.6 is 11.3 Å². The zero-order valence-corrected chi connectivity index (χ0v) is 10.5. The van der Waals surface area contributed by atoms with Crippen molar-refractivity contribution in [3.8, 4) is 0 Å². The number of hydrogen-bond donors (Lipinski definition) is 1. The van der Waals surface area contributed by atoms with Crippen molar-refractivity contribution in [3.63, 3.8) is 0 Å². The van der Waals surface area contributed by atoms with Crippen LogP contribution in [0.3, 0.4) is 0 Å². The topological polar surface area (TPSA) is 51.4 Å². The van der Waals surface area contributed by atoms with Crippen LogP contribution in [0.2, 0.25) is 0 Å². The van der Waals surface area contributed by atoms with Crippen LogP contribution in [-0.4, -0.2) is 42.2 Å².